The van der Waals surface area contributed by atoms with Crippen LogP contribution in [0.4, 0.5) is 0 Å². The molecule has 0 saturated carbocycles. The number of nitrogens with one attached hydrogen (secondary N) is 2. The molecule has 2 rings (SSSR count). The first-order chi connectivity index (χ1) is 10.2. The Morgan fingerprint density at radius 3 is 3.00 bits per heavy atom. The maximum absolute atomic E-state index is 11.8. The van der Waals surface area contributed by atoms with Crippen LogP contribution >= 0.6 is 0 Å². The molecule has 5 heteroatoms. The van der Waals surface area contributed by atoms with Crippen molar-refractivity contribution in [1.29, 1.82) is 0 Å². The number of methoxy groups -OCH3 is 1. The summed E-state index contributed by atoms with van der Waals surface area (Å²) in [6.07, 6.45) is 2.71. The van der Waals surface area contributed by atoms with Crippen molar-refractivity contribution in [3.8, 4) is 11.5 Å². The normalized spacial score (nSPS) is 19.0. The van der Waals surface area contributed by atoms with Gasteiger partial charge in [0.2, 0.25) is 5.91 Å². The Bertz CT molecular complexity index is 459. The maximum Gasteiger partial charge on any atom is 0.221 e. The van der Waals surface area contributed by atoms with Crippen molar-refractivity contribution < 1.29 is 14.3 Å². The highest BCUT2D eigenvalue weighted by Crippen LogP contribution is 2.19. The van der Waals surface area contributed by atoms with Crippen LogP contribution in [0.1, 0.15) is 26.2 Å². The largest absolute Gasteiger partial charge is 0.497 e. The van der Waals surface area contributed by atoms with Gasteiger partial charge in [-0.1, -0.05) is 6.07 Å². The lowest BCUT2D eigenvalue weighted by Gasteiger charge is -2.17. The van der Waals surface area contributed by atoms with Gasteiger partial charge in [0.1, 0.15) is 17.6 Å². The Morgan fingerprint density at radius 2 is 2.29 bits per heavy atom. The highest BCUT2D eigenvalue weighted by atomic mass is 16.5. The summed E-state index contributed by atoms with van der Waals surface area (Å²) < 4.78 is 10.9. The predicted molar refractivity (Wildman–Crippen MR) is 81.7 cm³/mol. The van der Waals surface area contributed by atoms with Crippen LogP contribution in [-0.4, -0.2) is 38.3 Å². The molecule has 1 aromatic carbocycles. The van der Waals surface area contributed by atoms with Crippen LogP contribution in [0.25, 0.3) is 0 Å². The number of amides is 1. The fourth-order valence-corrected chi connectivity index (χ4v) is 2.43. The van der Waals surface area contributed by atoms with E-state index in [2.05, 4.69) is 10.6 Å². The van der Waals surface area contributed by atoms with Crippen LogP contribution in [0.2, 0.25) is 0 Å². The maximum atomic E-state index is 11.8. The highest BCUT2D eigenvalue weighted by Gasteiger charge is 2.17. The summed E-state index contributed by atoms with van der Waals surface area (Å²) in [6, 6.07) is 7.79. The quantitative estimate of drug-likeness (QED) is 0.803. The van der Waals surface area contributed by atoms with E-state index in [4.69, 9.17) is 9.47 Å². The number of benzene rings is 1. The smallest absolute Gasteiger partial charge is 0.221 e. The summed E-state index contributed by atoms with van der Waals surface area (Å²) in [5.41, 5.74) is 0. The van der Waals surface area contributed by atoms with Gasteiger partial charge in [0, 0.05) is 18.5 Å². The first-order valence-electron chi connectivity index (χ1n) is 7.48. The van der Waals surface area contributed by atoms with Gasteiger partial charge in [0.15, 0.2) is 0 Å². The van der Waals surface area contributed by atoms with Crippen molar-refractivity contribution in [2.45, 2.75) is 38.3 Å². The molecule has 21 heavy (non-hydrogen) atoms. The minimum atomic E-state index is -0.0856. The molecule has 1 aromatic rings. The highest BCUT2D eigenvalue weighted by molar-refractivity contribution is 5.76. The molecule has 1 saturated heterocycles. The third-order valence-electron chi connectivity index (χ3n) is 3.56. The lowest BCUT2D eigenvalue weighted by Crippen LogP contribution is -2.37. The third kappa shape index (κ3) is 5.27. The second-order valence-corrected chi connectivity index (χ2v) is 5.41. The van der Waals surface area contributed by atoms with Gasteiger partial charge in [-0.3, -0.25) is 4.79 Å². The van der Waals surface area contributed by atoms with Gasteiger partial charge in [0.05, 0.1) is 13.7 Å². The molecule has 1 aliphatic heterocycles. The molecule has 0 spiro atoms. The van der Waals surface area contributed by atoms with Crippen LogP contribution in [0, 0.1) is 0 Å². The Hall–Kier alpha value is -1.75. The second-order valence-electron chi connectivity index (χ2n) is 5.41. The molecule has 116 valence electrons. The van der Waals surface area contributed by atoms with Crippen LogP contribution in [-0.2, 0) is 4.79 Å². The van der Waals surface area contributed by atoms with Gasteiger partial charge in [0.25, 0.3) is 0 Å². The van der Waals surface area contributed by atoms with Gasteiger partial charge < -0.3 is 20.1 Å². The van der Waals surface area contributed by atoms with Crippen molar-refractivity contribution in [2.24, 2.45) is 0 Å². The number of carbonyl (C=O) groups is 1. The van der Waals surface area contributed by atoms with Crippen molar-refractivity contribution >= 4 is 5.91 Å². The standard InChI is InChI=1S/C16H24N2O3/c1-12(21-15-7-3-6-14(10-15)20-2)11-18-16(19)9-13-5-4-8-17-13/h3,6-7,10,12-13,17H,4-5,8-9,11H2,1-2H3,(H,18,19). The summed E-state index contributed by atoms with van der Waals surface area (Å²) in [7, 11) is 1.62. The average molecular weight is 292 g/mol. The minimum Gasteiger partial charge on any atom is -0.497 e. The van der Waals surface area contributed by atoms with Gasteiger partial charge in [-0.2, -0.15) is 0 Å². The molecule has 1 amide bonds. The van der Waals surface area contributed by atoms with E-state index in [1.165, 1.54) is 0 Å². The van der Waals surface area contributed by atoms with Crippen LogP contribution < -0.4 is 20.1 Å². The van der Waals surface area contributed by atoms with E-state index >= 15 is 0 Å². The summed E-state index contributed by atoms with van der Waals surface area (Å²) in [5, 5.41) is 6.24. The molecule has 2 unspecified atom stereocenters. The molecular formula is C16H24N2O3. The second kappa shape index (κ2) is 7.88. The summed E-state index contributed by atoms with van der Waals surface area (Å²) >= 11 is 0. The summed E-state index contributed by atoms with van der Waals surface area (Å²) in [5.74, 6) is 1.58. The zero-order chi connectivity index (χ0) is 15.1. The molecule has 1 fully saturated rings. The van der Waals surface area contributed by atoms with Crippen LogP contribution in [0.15, 0.2) is 24.3 Å². The first kappa shape index (κ1) is 15.6. The van der Waals surface area contributed by atoms with Crippen molar-refractivity contribution in [2.75, 3.05) is 20.2 Å². The van der Waals surface area contributed by atoms with Gasteiger partial charge in [-0.25, -0.2) is 0 Å². The number of rotatable bonds is 7. The zero-order valence-electron chi connectivity index (χ0n) is 12.7. The van der Waals surface area contributed by atoms with Crippen molar-refractivity contribution in [3.05, 3.63) is 24.3 Å². The monoisotopic (exact) mass is 292 g/mol. The van der Waals surface area contributed by atoms with E-state index in [-0.39, 0.29) is 12.0 Å². The predicted octanol–water partition coefficient (Wildman–Crippen LogP) is 1.72. The van der Waals surface area contributed by atoms with Crippen molar-refractivity contribution in [3.63, 3.8) is 0 Å². The number of hydrogen-bond donors (Lipinski definition) is 2. The van der Waals surface area contributed by atoms with Gasteiger partial charge in [-0.05, 0) is 38.4 Å². The van der Waals surface area contributed by atoms with E-state index in [1.807, 2.05) is 31.2 Å². The molecule has 0 radical (unpaired) electrons. The number of carbonyl (C=O) groups excluding carboxylic acids is 1. The van der Waals surface area contributed by atoms with E-state index < -0.39 is 0 Å². The lowest BCUT2D eigenvalue weighted by atomic mass is 10.1. The Balaban J connectivity index is 1.70. The van der Waals surface area contributed by atoms with Crippen LogP contribution in [0.3, 0.4) is 0 Å². The molecule has 0 aliphatic carbocycles. The molecule has 1 aliphatic rings. The Kier molecular flexibility index (Phi) is 5.87. The molecule has 0 bridgehead atoms. The molecule has 2 N–H and O–H groups in total. The molecular weight excluding hydrogens is 268 g/mol. The number of hydrogen-bond acceptors (Lipinski definition) is 4. The number of ether oxygens (including phenoxy) is 2. The lowest BCUT2D eigenvalue weighted by molar-refractivity contribution is -0.121. The van der Waals surface area contributed by atoms with Gasteiger partial charge >= 0.3 is 0 Å². The summed E-state index contributed by atoms with van der Waals surface area (Å²) in [6.45, 7) is 3.46. The topological polar surface area (TPSA) is 59.6 Å². The third-order valence-corrected chi connectivity index (χ3v) is 3.56. The molecule has 0 aromatic heterocycles. The Morgan fingerprint density at radius 1 is 1.48 bits per heavy atom. The van der Waals surface area contributed by atoms with Crippen LogP contribution in [0.5, 0.6) is 11.5 Å². The molecule has 5 nitrogen and oxygen atoms in total. The molecule has 1 heterocycles. The van der Waals surface area contributed by atoms with E-state index in [1.54, 1.807) is 7.11 Å². The fourth-order valence-electron chi connectivity index (χ4n) is 2.43. The molecule has 2 atom stereocenters. The SMILES string of the molecule is COc1cccc(OC(C)CNC(=O)CC2CCCN2)c1. The zero-order valence-corrected chi connectivity index (χ0v) is 12.7. The average Bonchev–Trinajstić information content (AvgIpc) is 2.98. The minimum absolute atomic E-state index is 0.0792. The van der Waals surface area contributed by atoms with E-state index in [0.717, 1.165) is 30.9 Å². The fraction of sp³-hybridized carbons (Fsp3) is 0.562. The van der Waals surface area contributed by atoms with Crippen molar-refractivity contribution in [1.82, 2.24) is 10.6 Å². The first-order valence-corrected chi connectivity index (χ1v) is 7.48. The van der Waals surface area contributed by atoms with E-state index in [0.29, 0.717) is 19.0 Å². The summed E-state index contributed by atoms with van der Waals surface area (Å²) in [4.78, 5) is 11.8. The van der Waals surface area contributed by atoms with Gasteiger partial charge in [-0.15, -0.1) is 0 Å². The van der Waals surface area contributed by atoms with E-state index in [9.17, 15) is 4.79 Å². The Labute approximate surface area is 126 Å².